The number of piperidine rings is 1. The number of hydrogen-bond donors (Lipinski definition) is 0. The molecule has 0 saturated carbocycles. The average molecular weight is 340 g/mol. The number of ketones is 1. The van der Waals surface area contributed by atoms with Gasteiger partial charge in [-0.05, 0) is 37.8 Å². The Labute approximate surface area is 146 Å². The molecule has 2 aromatic rings. The predicted octanol–water partition coefficient (Wildman–Crippen LogP) is 3.57. The van der Waals surface area contributed by atoms with Gasteiger partial charge in [-0.3, -0.25) is 4.79 Å². The zero-order valence-corrected chi connectivity index (χ0v) is 14.7. The van der Waals surface area contributed by atoms with Gasteiger partial charge in [-0.1, -0.05) is 6.92 Å². The lowest BCUT2D eigenvalue weighted by Gasteiger charge is -2.31. The summed E-state index contributed by atoms with van der Waals surface area (Å²) in [7, 11) is 0. The Balaban J connectivity index is 1.75. The number of anilines is 1. The fourth-order valence-corrected chi connectivity index (χ4v) is 3.69. The van der Waals surface area contributed by atoms with E-state index in [9.17, 15) is 10.1 Å². The molecule has 0 aliphatic carbocycles. The van der Waals surface area contributed by atoms with Gasteiger partial charge in [0.25, 0.3) is 0 Å². The average Bonchev–Trinajstić information content (AvgIpc) is 3.02. The van der Waals surface area contributed by atoms with Gasteiger partial charge in [0.2, 0.25) is 0 Å². The quantitative estimate of drug-likeness (QED) is 0.796. The molecule has 0 aromatic carbocycles. The molecule has 1 saturated heterocycles. The molecule has 2 aromatic heterocycles. The van der Waals surface area contributed by atoms with Crippen molar-refractivity contribution in [2.45, 2.75) is 32.6 Å². The number of nitrogens with zero attached hydrogens (tertiary/aromatic N) is 4. The number of carbonyl (C=O) groups is 1. The molecular formula is C18H20N4OS. The second kappa shape index (κ2) is 7.10. The first-order valence-electron chi connectivity index (χ1n) is 8.15. The zero-order valence-electron chi connectivity index (χ0n) is 13.9. The number of pyridine rings is 1. The fourth-order valence-electron chi connectivity index (χ4n) is 2.85. The van der Waals surface area contributed by atoms with Gasteiger partial charge in [-0.25, -0.2) is 9.97 Å². The highest BCUT2D eigenvalue weighted by atomic mass is 32.1. The van der Waals surface area contributed by atoms with Crippen LogP contribution < -0.4 is 4.90 Å². The molecule has 24 heavy (non-hydrogen) atoms. The molecule has 1 aliphatic rings. The number of Topliss-reactive ketones (excluding diaryl/α,β-unsaturated/α-hetero) is 1. The van der Waals surface area contributed by atoms with Gasteiger partial charge < -0.3 is 4.90 Å². The van der Waals surface area contributed by atoms with E-state index in [1.54, 1.807) is 12.3 Å². The highest BCUT2D eigenvalue weighted by Gasteiger charge is 2.25. The minimum Gasteiger partial charge on any atom is -0.357 e. The standard InChI is InChI=1S/C18H20N4OS/c1-12-5-7-22(8-6-12)16-4-3-14(10-20-16)17(23)15(9-19)18-21-13(2)11-24-18/h3-4,10-12,15H,5-8H2,1-2H3/t15-/m1/s1. The van der Waals surface area contributed by atoms with Crippen LogP contribution in [0.4, 0.5) is 5.82 Å². The van der Waals surface area contributed by atoms with E-state index in [0.29, 0.717) is 10.6 Å². The number of aromatic nitrogens is 2. The van der Waals surface area contributed by atoms with Gasteiger partial charge in [0.1, 0.15) is 10.8 Å². The lowest BCUT2D eigenvalue weighted by Crippen LogP contribution is -2.33. The lowest BCUT2D eigenvalue weighted by molar-refractivity contribution is 0.0978. The van der Waals surface area contributed by atoms with Crippen molar-refractivity contribution in [3.63, 3.8) is 0 Å². The SMILES string of the molecule is Cc1csc([C@H](C#N)C(=O)c2ccc(N3CCC(C)CC3)nc2)n1. The van der Waals surface area contributed by atoms with E-state index in [1.807, 2.05) is 18.4 Å². The number of nitriles is 1. The molecule has 124 valence electrons. The Morgan fingerprint density at radius 2 is 2.17 bits per heavy atom. The Morgan fingerprint density at radius 3 is 2.71 bits per heavy atom. The molecule has 1 aliphatic heterocycles. The van der Waals surface area contributed by atoms with Crippen LogP contribution in [0.5, 0.6) is 0 Å². The van der Waals surface area contributed by atoms with Crippen molar-refractivity contribution in [2.75, 3.05) is 18.0 Å². The van der Waals surface area contributed by atoms with E-state index in [2.05, 4.69) is 27.9 Å². The first-order chi connectivity index (χ1) is 11.6. The molecule has 6 heteroatoms. The number of rotatable bonds is 4. The molecule has 0 unspecified atom stereocenters. The van der Waals surface area contributed by atoms with Gasteiger partial charge in [-0.15, -0.1) is 11.3 Å². The minimum atomic E-state index is -0.854. The molecule has 1 fully saturated rings. The van der Waals surface area contributed by atoms with Gasteiger partial charge in [0.05, 0.1) is 6.07 Å². The van der Waals surface area contributed by atoms with Gasteiger partial charge >= 0.3 is 0 Å². The van der Waals surface area contributed by atoms with Gasteiger partial charge in [0.15, 0.2) is 11.7 Å². The summed E-state index contributed by atoms with van der Waals surface area (Å²) < 4.78 is 0. The fraction of sp³-hybridized carbons (Fsp3) is 0.444. The van der Waals surface area contributed by atoms with Crippen LogP contribution in [0.3, 0.4) is 0 Å². The Morgan fingerprint density at radius 1 is 1.42 bits per heavy atom. The Hall–Kier alpha value is -2.26. The number of carbonyl (C=O) groups excluding carboxylic acids is 1. The van der Waals surface area contributed by atoms with Crippen molar-refractivity contribution < 1.29 is 4.79 Å². The van der Waals surface area contributed by atoms with Crippen molar-refractivity contribution >= 4 is 22.9 Å². The molecular weight excluding hydrogens is 320 g/mol. The summed E-state index contributed by atoms with van der Waals surface area (Å²) in [6, 6.07) is 5.72. The molecule has 0 bridgehead atoms. The molecule has 1 atom stereocenters. The Kier molecular flexibility index (Phi) is 4.91. The highest BCUT2D eigenvalue weighted by Crippen LogP contribution is 2.25. The molecule has 3 rings (SSSR count). The van der Waals surface area contributed by atoms with Gasteiger partial charge in [0, 0.05) is 35.9 Å². The number of hydrogen-bond acceptors (Lipinski definition) is 6. The monoisotopic (exact) mass is 340 g/mol. The molecule has 0 radical (unpaired) electrons. The number of aryl methyl sites for hydroxylation is 1. The normalized spacial score (nSPS) is 16.6. The second-order valence-corrected chi connectivity index (χ2v) is 7.22. The molecule has 0 N–H and O–H groups in total. The van der Waals surface area contributed by atoms with Crippen molar-refractivity contribution in [3.05, 3.63) is 40.0 Å². The van der Waals surface area contributed by atoms with Crippen LogP contribution in [0.25, 0.3) is 0 Å². The summed E-state index contributed by atoms with van der Waals surface area (Å²) in [5.41, 5.74) is 1.29. The molecule has 5 nitrogen and oxygen atoms in total. The van der Waals surface area contributed by atoms with Crippen LogP contribution in [0.1, 0.15) is 46.7 Å². The summed E-state index contributed by atoms with van der Waals surface area (Å²) in [5, 5.41) is 11.8. The summed E-state index contributed by atoms with van der Waals surface area (Å²) in [5.74, 6) is 0.572. The van der Waals surface area contributed by atoms with E-state index in [0.717, 1.165) is 30.5 Å². The lowest BCUT2D eigenvalue weighted by atomic mass is 9.99. The summed E-state index contributed by atoms with van der Waals surface area (Å²) in [4.78, 5) is 23.6. The van der Waals surface area contributed by atoms with Crippen LogP contribution in [0, 0.1) is 24.2 Å². The summed E-state index contributed by atoms with van der Waals surface area (Å²) >= 11 is 1.35. The summed E-state index contributed by atoms with van der Waals surface area (Å²) in [6.45, 7) is 6.13. The third-order valence-corrected chi connectivity index (χ3v) is 5.44. The smallest absolute Gasteiger partial charge is 0.188 e. The minimum absolute atomic E-state index is 0.238. The summed E-state index contributed by atoms with van der Waals surface area (Å²) in [6.07, 6.45) is 3.92. The van der Waals surface area contributed by atoms with Crippen LogP contribution in [-0.2, 0) is 0 Å². The second-order valence-electron chi connectivity index (χ2n) is 6.33. The molecule has 0 amide bonds. The predicted molar refractivity (Wildman–Crippen MR) is 94.4 cm³/mol. The first kappa shape index (κ1) is 16.6. The van der Waals surface area contributed by atoms with Gasteiger partial charge in [-0.2, -0.15) is 5.26 Å². The van der Waals surface area contributed by atoms with Crippen molar-refractivity contribution in [1.29, 1.82) is 5.26 Å². The maximum absolute atomic E-state index is 12.6. The third-order valence-electron chi connectivity index (χ3n) is 4.42. The number of thiazole rings is 1. The third kappa shape index (κ3) is 3.46. The van der Waals surface area contributed by atoms with Crippen molar-refractivity contribution in [3.8, 4) is 6.07 Å². The van der Waals surface area contributed by atoms with Crippen molar-refractivity contribution in [2.24, 2.45) is 5.92 Å². The topological polar surface area (TPSA) is 69.9 Å². The van der Waals surface area contributed by atoms with E-state index in [1.165, 1.54) is 24.2 Å². The van der Waals surface area contributed by atoms with E-state index < -0.39 is 5.92 Å². The van der Waals surface area contributed by atoms with Crippen LogP contribution in [-0.4, -0.2) is 28.8 Å². The maximum Gasteiger partial charge on any atom is 0.188 e. The van der Waals surface area contributed by atoms with E-state index in [4.69, 9.17) is 0 Å². The zero-order chi connectivity index (χ0) is 17.1. The Bertz CT molecular complexity index is 754. The van der Waals surface area contributed by atoms with E-state index >= 15 is 0 Å². The van der Waals surface area contributed by atoms with Crippen molar-refractivity contribution in [1.82, 2.24) is 9.97 Å². The molecule has 3 heterocycles. The van der Waals surface area contributed by atoms with Crippen LogP contribution >= 0.6 is 11.3 Å². The largest absolute Gasteiger partial charge is 0.357 e. The molecule has 0 spiro atoms. The van der Waals surface area contributed by atoms with Crippen LogP contribution in [0.15, 0.2) is 23.7 Å². The van der Waals surface area contributed by atoms with E-state index in [-0.39, 0.29) is 5.78 Å². The first-order valence-corrected chi connectivity index (χ1v) is 9.03. The van der Waals surface area contributed by atoms with Crippen LogP contribution in [0.2, 0.25) is 0 Å². The highest BCUT2D eigenvalue weighted by molar-refractivity contribution is 7.10. The maximum atomic E-state index is 12.6.